The highest BCUT2D eigenvalue weighted by Gasteiger charge is 2.22. The van der Waals surface area contributed by atoms with Gasteiger partial charge in [0.1, 0.15) is 5.82 Å². The summed E-state index contributed by atoms with van der Waals surface area (Å²) in [6, 6.07) is 6.30. The molecule has 1 aromatic heterocycles. The molecular weight excluding hydrogens is 376 g/mol. The Morgan fingerprint density at radius 2 is 2.00 bits per heavy atom. The van der Waals surface area contributed by atoms with E-state index in [-0.39, 0.29) is 5.56 Å². The van der Waals surface area contributed by atoms with Gasteiger partial charge in [0.05, 0.1) is 16.7 Å². The van der Waals surface area contributed by atoms with E-state index in [1.165, 1.54) is 30.6 Å². The summed E-state index contributed by atoms with van der Waals surface area (Å²) in [5.41, 5.74) is 1.65. The van der Waals surface area contributed by atoms with E-state index in [1.807, 2.05) is 18.2 Å². The second-order valence-corrected chi connectivity index (χ2v) is 8.94. The summed E-state index contributed by atoms with van der Waals surface area (Å²) in [6.07, 6.45) is 5.78. The first-order valence-electron chi connectivity index (χ1n) is 9.97. The number of piperidine rings is 1. The van der Waals surface area contributed by atoms with Crippen LogP contribution in [-0.4, -0.2) is 50.4 Å². The van der Waals surface area contributed by atoms with E-state index in [2.05, 4.69) is 15.3 Å². The van der Waals surface area contributed by atoms with Crippen LogP contribution in [0.5, 0.6) is 0 Å². The van der Waals surface area contributed by atoms with Gasteiger partial charge in [-0.2, -0.15) is 11.8 Å². The van der Waals surface area contributed by atoms with Crippen LogP contribution in [0.25, 0.3) is 10.9 Å². The minimum Gasteiger partial charge on any atom is -0.465 e. The first-order valence-corrected chi connectivity index (χ1v) is 11.0. The Balaban J connectivity index is 1.42. The van der Waals surface area contributed by atoms with Gasteiger partial charge < -0.3 is 20.3 Å². The van der Waals surface area contributed by atoms with Crippen LogP contribution in [-0.2, 0) is 5.75 Å². The van der Waals surface area contributed by atoms with Crippen LogP contribution < -0.4 is 10.9 Å². The summed E-state index contributed by atoms with van der Waals surface area (Å²) in [5.74, 6) is 1.31. The van der Waals surface area contributed by atoms with E-state index < -0.39 is 6.09 Å². The highest BCUT2D eigenvalue weighted by atomic mass is 32.2. The van der Waals surface area contributed by atoms with Crippen molar-refractivity contribution in [1.29, 1.82) is 0 Å². The Kier molecular flexibility index (Phi) is 5.75. The number of aromatic amines is 1. The highest BCUT2D eigenvalue weighted by molar-refractivity contribution is 7.99. The van der Waals surface area contributed by atoms with Gasteiger partial charge in [-0.15, -0.1) is 0 Å². The zero-order valence-corrected chi connectivity index (χ0v) is 16.6. The van der Waals surface area contributed by atoms with Gasteiger partial charge >= 0.3 is 6.09 Å². The predicted molar refractivity (Wildman–Crippen MR) is 112 cm³/mol. The molecule has 0 bridgehead atoms. The number of nitrogens with zero attached hydrogens (tertiary/aromatic N) is 2. The van der Waals surface area contributed by atoms with Gasteiger partial charge in [0, 0.05) is 30.1 Å². The average Bonchev–Trinajstić information content (AvgIpc) is 3.19. The maximum atomic E-state index is 12.4. The third-order valence-corrected chi connectivity index (χ3v) is 7.03. The van der Waals surface area contributed by atoms with Crippen molar-refractivity contribution in [3.63, 3.8) is 0 Å². The molecular formula is C20H26N4O3S. The number of anilines is 1. The van der Waals surface area contributed by atoms with E-state index in [0.717, 1.165) is 24.0 Å². The van der Waals surface area contributed by atoms with Crippen molar-refractivity contribution in [3.05, 3.63) is 34.4 Å². The summed E-state index contributed by atoms with van der Waals surface area (Å²) in [7, 11) is 0. The molecule has 28 heavy (non-hydrogen) atoms. The van der Waals surface area contributed by atoms with E-state index >= 15 is 0 Å². The van der Waals surface area contributed by atoms with Crippen molar-refractivity contribution in [3.8, 4) is 0 Å². The van der Waals surface area contributed by atoms with Gasteiger partial charge in [-0.1, -0.05) is 12.8 Å². The van der Waals surface area contributed by atoms with Crippen LogP contribution in [0.15, 0.2) is 23.0 Å². The van der Waals surface area contributed by atoms with E-state index in [1.54, 1.807) is 11.8 Å². The largest absolute Gasteiger partial charge is 0.465 e. The standard InChI is InChI=1S/C20H26N4O3S/c25-19-16-6-5-14(21-13-3-1-2-4-13)11-17(16)22-18(23-19)12-28-15-7-9-24(10-8-15)20(26)27/h5-6,11,13,15,21H,1-4,7-10,12H2,(H,26,27)(H,22,23,25). The Labute approximate surface area is 167 Å². The van der Waals surface area contributed by atoms with Crippen molar-refractivity contribution in [2.24, 2.45) is 0 Å². The van der Waals surface area contributed by atoms with Crippen LogP contribution >= 0.6 is 11.8 Å². The number of amides is 1. The summed E-state index contributed by atoms with van der Waals surface area (Å²) in [4.78, 5) is 32.5. The fraction of sp³-hybridized carbons (Fsp3) is 0.550. The van der Waals surface area contributed by atoms with Crippen molar-refractivity contribution in [2.45, 2.75) is 55.6 Å². The minimum atomic E-state index is -0.842. The number of thioether (sulfide) groups is 1. The topological polar surface area (TPSA) is 98.3 Å². The van der Waals surface area contributed by atoms with Gasteiger partial charge in [0.15, 0.2) is 0 Å². The number of rotatable bonds is 5. The number of H-pyrrole nitrogens is 1. The lowest BCUT2D eigenvalue weighted by molar-refractivity contribution is 0.136. The van der Waals surface area contributed by atoms with E-state index in [9.17, 15) is 9.59 Å². The van der Waals surface area contributed by atoms with Crippen molar-refractivity contribution < 1.29 is 9.90 Å². The molecule has 4 rings (SSSR count). The minimum absolute atomic E-state index is 0.103. The number of likely N-dealkylation sites (tertiary alicyclic amines) is 1. The van der Waals surface area contributed by atoms with Crippen molar-refractivity contribution >= 4 is 34.4 Å². The molecule has 0 radical (unpaired) electrons. The van der Waals surface area contributed by atoms with Crippen LogP contribution in [0, 0.1) is 0 Å². The first-order chi connectivity index (χ1) is 13.6. The Hall–Kier alpha value is -2.22. The molecule has 7 nitrogen and oxygen atoms in total. The molecule has 3 N–H and O–H groups in total. The molecule has 1 aliphatic heterocycles. The van der Waals surface area contributed by atoms with Crippen molar-refractivity contribution in [1.82, 2.24) is 14.9 Å². The maximum absolute atomic E-state index is 12.4. The Morgan fingerprint density at radius 1 is 1.25 bits per heavy atom. The second-order valence-electron chi connectivity index (χ2n) is 7.65. The molecule has 2 heterocycles. The monoisotopic (exact) mass is 402 g/mol. The molecule has 2 aromatic rings. The van der Waals surface area contributed by atoms with Crippen LogP contribution in [0.4, 0.5) is 10.5 Å². The number of fused-ring (bicyclic) bond motifs is 1. The van der Waals surface area contributed by atoms with Crippen LogP contribution in [0.3, 0.4) is 0 Å². The number of hydrogen-bond donors (Lipinski definition) is 3. The number of nitrogens with one attached hydrogen (secondary N) is 2. The number of benzene rings is 1. The molecule has 1 saturated heterocycles. The third-order valence-electron chi connectivity index (χ3n) is 5.65. The summed E-state index contributed by atoms with van der Waals surface area (Å²) >= 11 is 1.74. The highest BCUT2D eigenvalue weighted by Crippen LogP contribution is 2.27. The molecule has 1 saturated carbocycles. The zero-order valence-electron chi connectivity index (χ0n) is 15.8. The molecule has 1 aromatic carbocycles. The Bertz CT molecular complexity index is 902. The van der Waals surface area contributed by atoms with Gasteiger partial charge in [0.2, 0.25) is 0 Å². The smallest absolute Gasteiger partial charge is 0.407 e. The van der Waals surface area contributed by atoms with Crippen molar-refractivity contribution in [2.75, 3.05) is 18.4 Å². The lowest BCUT2D eigenvalue weighted by Gasteiger charge is -2.29. The fourth-order valence-corrected chi connectivity index (χ4v) is 5.14. The van der Waals surface area contributed by atoms with Gasteiger partial charge in [-0.25, -0.2) is 9.78 Å². The quantitative estimate of drug-likeness (QED) is 0.706. The lowest BCUT2D eigenvalue weighted by atomic mass is 10.1. The summed E-state index contributed by atoms with van der Waals surface area (Å²) in [6.45, 7) is 1.15. The molecule has 1 aliphatic carbocycles. The maximum Gasteiger partial charge on any atom is 0.407 e. The first kappa shape index (κ1) is 19.1. The van der Waals surface area contributed by atoms with E-state index in [4.69, 9.17) is 5.11 Å². The molecule has 8 heteroatoms. The van der Waals surface area contributed by atoms with Gasteiger partial charge in [-0.3, -0.25) is 4.79 Å². The second kappa shape index (κ2) is 8.43. The third kappa shape index (κ3) is 4.43. The number of hydrogen-bond acceptors (Lipinski definition) is 5. The zero-order chi connectivity index (χ0) is 19.5. The normalized spacial score (nSPS) is 18.6. The molecule has 0 spiro atoms. The number of carbonyl (C=O) groups is 1. The Morgan fingerprint density at radius 3 is 2.71 bits per heavy atom. The molecule has 0 atom stereocenters. The molecule has 0 unspecified atom stereocenters. The number of carboxylic acid groups (broad SMARTS) is 1. The molecule has 1 amide bonds. The van der Waals surface area contributed by atoms with E-state index in [0.29, 0.717) is 41.3 Å². The fourth-order valence-electron chi connectivity index (χ4n) is 4.06. The summed E-state index contributed by atoms with van der Waals surface area (Å²) in [5, 5.41) is 13.6. The van der Waals surface area contributed by atoms with Gasteiger partial charge in [-0.05, 0) is 43.9 Å². The average molecular weight is 403 g/mol. The lowest BCUT2D eigenvalue weighted by Crippen LogP contribution is -2.38. The predicted octanol–water partition coefficient (Wildman–Crippen LogP) is 3.65. The SMILES string of the molecule is O=C(O)N1CCC(SCc2nc3cc(NC4CCCC4)ccc3c(=O)[nH]2)CC1. The molecule has 150 valence electrons. The van der Waals surface area contributed by atoms with Crippen LogP contribution in [0.1, 0.15) is 44.3 Å². The summed E-state index contributed by atoms with van der Waals surface area (Å²) < 4.78 is 0. The number of aromatic nitrogens is 2. The molecule has 2 aliphatic rings. The molecule has 2 fully saturated rings. The van der Waals surface area contributed by atoms with Gasteiger partial charge in [0.25, 0.3) is 5.56 Å². The van der Waals surface area contributed by atoms with Crippen LogP contribution in [0.2, 0.25) is 0 Å².